The van der Waals surface area contributed by atoms with Crippen molar-refractivity contribution >= 4 is 15.8 Å². The molecule has 2 fully saturated rings. The van der Waals surface area contributed by atoms with Gasteiger partial charge in [0.1, 0.15) is 0 Å². The normalized spacial score (nSPS) is 25.3. The first kappa shape index (κ1) is 23.0. The molecule has 0 bridgehead atoms. The molecule has 7 nitrogen and oxygen atoms in total. The molecule has 3 rings (SSSR count). The van der Waals surface area contributed by atoms with Crippen molar-refractivity contribution in [2.24, 2.45) is 4.99 Å². The molecule has 0 aromatic heterocycles. The number of sulfone groups is 1. The van der Waals surface area contributed by atoms with E-state index < -0.39 is 14.6 Å². The van der Waals surface area contributed by atoms with Crippen molar-refractivity contribution in [3.05, 3.63) is 35.9 Å². The van der Waals surface area contributed by atoms with E-state index in [-0.39, 0.29) is 5.75 Å². The number of hydrogen-bond acceptors (Lipinski definition) is 5. The molecule has 0 amide bonds. The largest absolute Gasteiger partial charge is 0.356 e. The van der Waals surface area contributed by atoms with Gasteiger partial charge in [0.2, 0.25) is 0 Å². The van der Waals surface area contributed by atoms with Crippen molar-refractivity contribution in [1.29, 1.82) is 0 Å². The van der Waals surface area contributed by atoms with Gasteiger partial charge in [-0.05, 0) is 32.9 Å². The number of aliphatic imine (C=N–C) groups is 1. The third kappa shape index (κ3) is 5.34. The summed E-state index contributed by atoms with van der Waals surface area (Å²) < 4.78 is 23.8. The Hall–Kier alpha value is -1.64. The lowest BCUT2D eigenvalue weighted by Crippen LogP contribution is -2.57. The Morgan fingerprint density at radius 3 is 2.60 bits per heavy atom. The van der Waals surface area contributed by atoms with Crippen LogP contribution in [0.25, 0.3) is 0 Å². The highest BCUT2D eigenvalue weighted by Gasteiger charge is 2.40. The van der Waals surface area contributed by atoms with Gasteiger partial charge in [0.25, 0.3) is 0 Å². The molecular formula is C22H37N5O2S. The molecule has 0 spiro atoms. The third-order valence-corrected chi connectivity index (χ3v) is 8.87. The maximum atomic E-state index is 12.3. The van der Waals surface area contributed by atoms with Gasteiger partial charge < -0.3 is 15.1 Å². The summed E-state index contributed by atoms with van der Waals surface area (Å²) in [5, 5.41) is 3.45. The summed E-state index contributed by atoms with van der Waals surface area (Å²) in [7, 11) is 0.914. The lowest BCUT2D eigenvalue weighted by Gasteiger charge is -2.41. The number of piperazine rings is 1. The van der Waals surface area contributed by atoms with Crippen LogP contribution in [-0.4, -0.2) is 99.5 Å². The Bertz CT molecular complexity index is 825. The van der Waals surface area contributed by atoms with Crippen molar-refractivity contribution in [2.45, 2.75) is 31.1 Å². The van der Waals surface area contributed by atoms with Crippen LogP contribution >= 0.6 is 0 Å². The highest BCUT2D eigenvalue weighted by atomic mass is 32.2. The zero-order valence-electron chi connectivity index (χ0n) is 18.8. The fraction of sp³-hybridized carbons (Fsp3) is 0.682. The number of nitrogens with one attached hydrogen (secondary N) is 1. The number of hydrogen-bond donors (Lipinski definition) is 1. The fourth-order valence-electron chi connectivity index (χ4n) is 4.36. The number of rotatable bonds is 5. The summed E-state index contributed by atoms with van der Waals surface area (Å²) in [6, 6.07) is 11.2. The van der Waals surface area contributed by atoms with Crippen LogP contribution in [0.4, 0.5) is 0 Å². The second kappa shape index (κ2) is 9.66. The van der Waals surface area contributed by atoms with Crippen LogP contribution < -0.4 is 5.32 Å². The maximum absolute atomic E-state index is 12.3. The highest BCUT2D eigenvalue weighted by Crippen LogP contribution is 2.25. The van der Waals surface area contributed by atoms with Crippen LogP contribution in [0.3, 0.4) is 0 Å². The first-order chi connectivity index (χ1) is 14.2. The van der Waals surface area contributed by atoms with Crippen LogP contribution in [0.15, 0.2) is 35.3 Å². The predicted molar refractivity (Wildman–Crippen MR) is 124 cm³/mol. The van der Waals surface area contributed by atoms with Gasteiger partial charge in [-0.3, -0.25) is 9.89 Å². The van der Waals surface area contributed by atoms with Gasteiger partial charge in [0, 0.05) is 58.9 Å². The molecule has 1 aromatic rings. The molecule has 2 aliphatic rings. The van der Waals surface area contributed by atoms with E-state index in [1.54, 1.807) is 20.9 Å². The van der Waals surface area contributed by atoms with Gasteiger partial charge in [-0.2, -0.15) is 0 Å². The SMILES string of the molecule is CN=C(NCCCN1CCN(C)CC1c1ccccc1)N1CCS(=O)(=O)C(C)(C)C1. The number of likely N-dealkylation sites (N-methyl/N-ethyl adjacent to an activating group) is 1. The van der Waals surface area contributed by atoms with Crippen LogP contribution in [0.5, 0.6) is 0 Å². The van der Waals surface area contributed by atoms with Crippen molar-refractivity contribution in [3.63, 3.8) is 0 Å². The lowest BCUT2D eigenvalue weighted by molar-refractivity contribution is 0.0891. The number of benzene rings is 1. The summed E-state index contributed by atoms with van der Waals surface area (Å²) in [6.07, 6.45) is 1.02. The van der Waals surface area contributed by atoms with Gasteiger partial charge in [-0.1, -0.05) is 30.3 Å². The predicted octanol–water partition coefficient (Wildman–Crippen LogP) is 1.45. The van der Waals surface area contributed by atoms with E-state index in [1.165, 1.54) is 5.56 Å². The topological polar surface area (TPSA) is 68.2 Å². The second-order valence-electron chi connectivity index (χ2n) is 9.05. The van der Waals surface area contributed by atoms with Gasteiger partial charge in [0.15, 0.2) is 15.8 Å². The lowest BCUT2D eigenvalue weighted by atomic mass is 10.0. The molecular weight excluding hydrogens is 398 g/mol. The van der Waals surface area contributed by atoms with Gasteiger partial charge in [-0.25, -0.2) is 8.42 Å². The van der Waals surface area contributed by atoms with Gasteiger partial charge >= 0.3 is 0 Å². The molecule has 1 atom stereocenters. The third-order valence-electron chi connectivity index (χ3n) is 6.34. The first-order valence-corrected chi connectivity index (χ1v) is 12.5. The summed E-state index contributed by atoms with van der Waals surface area (Å²) in [5.74, 6) is 0.983. The van der Waals surface area contributed by atoms with Crippen molar-refractivity contribution in [2.75, 3.05) is 65.7 Å². The average molecular weight is 436 g/mol. The van der Waals surface area contributed by atoms with Gasteiger partial charge in [0.05, 0.1) is 10.5 Å². The Kier molecular flexibility index (Phi) is 7.42. The van der Waals surface area contributed by atoms with E-state index in [0.29, 0.717) is 19.1 Å². The Morgan fingerprint density at radius 2 is 1.93 bits per heavy atom. The minimum atomic E-state index is -3.05. The van der Waals surface area contributed by atoms with Crippen LogP contribution in [0.1, 0.15) is 31.9 Å². The molecule has 2 heterocycles. The van der Waals surface area contributed by atoms with E-state index in [9.17, 15) is 8.42 Å². The minimum absolute atomic E-state index is 0.181. The molecule has 2 saturated heterocycles. The smallest absolute Gasteiger partial charge is 0.193 e. The highest BCUT2D eigenvalue weighted by molar-refractivity contribution is 7.92. The molecule has 8 heteroatoms. The zero-order valence-corrected chi connectivity index (χ0v) is 19.7. The first-order valence-electron chi connectivity index (χ1n) is 10.9. The molecule has 1 N–H and O–H groups in total. The van der Waals surface area contributed by atoms with Crippen LogP contribution in [0.2, 0.25) is 0 Å². The Labute approximate surface area is 182 Å². The molecule has 0 aliphatic carbocycles. The van der Waals surface area contributed by atoms with Crippen LogP contribution in [-0.2, 0) is 9.84 Å². The van der Waals surface area contributed by atoms with E-state index >= 15 is 0 Å². The molecule has 168 valence electrons. The molecule has 0 radical (unpaired) electrons. The summed E-state index contributed by atoms with van der Waals surface area (Å²) in [6.45, 7) is 9.65. The van der Waals surface area contributed by atoms with Gasteiger partial charge in [-0.15, -0.1) is 0 Å². The Morgan fingerprint density at radius 1 is 1.20 bits per heavy atom. The van der Waals surface area contributed by atoms with E-state index in [2.05, 4.69) is 62.4 Å². The zero-order chi connectivity index (χ0) is 21.8. The molecule has 30 heavy (non-hydrogen) atoms. The standard InChI is InChI=1S/C22H37N5O2S/c1-22(2)18-27(15-16-30(22,28)29)21(23-3)24-11-8-12-26-14-13-25(4)17-20(26)19-9-6-5-7-10-19/h5-7,9-10,20H,8,11-18H2,1-4H3,(H,23,24). The molecule has 0 saturated carbocycles. The van der Waals surface area contributed by atoms with Crippen molar-refractivity contribution in [3.8, 4) is 0 Å². The number of guanidine groups is 1. The minimum Gasteiger partial charge on any atom is -0.356 e. The Balaban J connectivity index is 1.52. The molecule has 1 unspecified atom stereocenters. The van der Waals surface area contributed by atoms with Crippen LogP contribution in [0, 0.1) is 0 Å². The fourth-order valence-corrected chi connectivity index (χ4v) is 5.72. The summed E-state index contributed by atoms with van der Waals surface area (Å²) in [4.78, 5) is 11.5. The average Bonchev–Trinajstić information content (AvgIpc) is 2.72. The van der Waals surface area contributed by atoms with E-state index in [1.807, 2.05) is 0 Å². The van der Waals surface area contributed by atoms with Crippen molar-refractivity contribution < 1.29 is 8.42 Å². The molecule has 1 aromatic carbocycles. The monoisotopic (exact) mass is 435 g/mol. The van der Waals surface area contributed by atoms with Crippen molar-refractivity contribution in [1.82, 2.24) is 20.0 Å². The summed E-state index contributed by atoms with van der Waals surface area (Å²) >= 11 is 0. The van der Waals surface area contributed by atoms with E-state index in [4.69, 9.17) is 0 Å². The second-order valence-corrected chi connectivity index (χ2v) is 11.8. The molecule has 2 aliphatic heterocycles. The maximum Gasteiger partial charge on any atom is 0.193 e. The quantitative estimate of drug-likeness (QED) is 0.429. The van der Waals surface area contributed by atoms with E-state index in [0.717, 1.165) is 45.1 Å². The summed E-state index contributed by atoms with van der Waals surface area (Å²) in [5.41, 5.74) is 1.38. The number of nitrogens with zero attached hydrogens (tertiary/aromatic N) is 4.